The van der Waals surface area contributed by atoms with Gasteiger partial charge in [-0.1, -0.05) is 15.9 Å². The molecule has 0 bridgehead atoms. The molecule has 1 aliphatic rings. The van der Waals surface area contributed by atoms with Crippen molar-refractivity contribution in [1.29, 1.82) is 0 Å². The summed E-state index contributed by atoms with van der Waals surface area (Å²) in [5.41, 5.74) is -0.505. The number of carbonyl (C=O) groups excluding carboxylic acids is 1. The van der Waals surface area contributed by atoms with E-state index in [1.54, 1.807) is 24.3 Å². The molecule has 0 aliphatic carbocycles. The maximum absolute atomic E-state index is 12.0. The van der Waals surface area contributed by atoms with Crippen LogP contribution in [0, 0.1) is 20.2 Å². The normalized spacial score (nSPS) is 14.9. The monoisotopic (exact) mass is 417 g/mol. The Bertz CT molecular complexity index is 998. The Kier molecular flexibility index (Phi) is 4.59. The minimum absolute atomic E-state index is 0.00774. The third-order valence-electron chi connectivity index (χ3n) is 3.43. The molecule has 3 rings (SSSR count). The van der Waals surface area contributed by atoms with Crippen LogP contribution >= 0.6 is 15.9 Å². The second-order valence-corrected chi connectivity index (χ2v) is 6.02. The Hall–Kier alpha value is -3.40. The number of nitro groups is 2. The number of ether oxygens (including phenoxy) is 1. The lowest BCUT2D eigenvalue weighted by Gasteiger charge is -1.98. The molecule has 0 spiro atoms. The number of hydrogen-bond donors (Lipinski definition) is 0. The highest BCUT2D eigenvalue weighted by Gasteiger charge is 2.26. The van der Waals surface area contributed by atoms with Gasteiger partial charge in [0.2, 0.25) is 5.90 Å². The molecule has 1 heterocycles. The summed E-state index contributed by atoms with van der Waals surface area (Å²) in [6, 6.07) is 9.98. The number of aliphatic imine (C=N–C) groups is 1. The van der Waals surface area contributed by atoms with E-state index >= 15 is 0 Å². The van der Waals surface area contributed by atoms with Crippen LogP contribution in [0.5, 0.6) is 0 Å². The fraction of sp³-hybridized carbons (Fsp3) is 0. The molecule has 9 nitrogen and oxygen atoms in total. The van der Waals surface area contributed by atoms with E-state index in [9.17, 15) is 25.0 Å². The lowest BCUT2D eigenvalue weighted by molar-refractivity contribution is -0.394. The molecule has 1 aliphatic heterocycles. The Morgan fingerprint density at radius 3 is 2.35 bits per heavy atom. The molecule has 0 aromatic heterocycles. The van der Waals surface area contributed by atoms with Crippen molar-refractivity contribution in [1.82, 2.24) is 0 Å². The molecular formula is C16H8BrN3O6. The van der Waals surface area contributed by atoms with Crippen LogP contribution < -0.4 is 0 Å². The standard InChI is InChI=1S/C16H8BrN3O6/c17-11-4-1-9(2-5-11)15-18-13(16(21)26-15)7-10-3-6-12(19(22)23)8-14(10)20(24)25/h1-8H/b13-7-. The highest BCUT2D eigenvalue weighted by atomic mass is 79.9. The number of non-ortho nitro benzene ring substituents is 1. The number of benzene rings is 2. The van der Waals surface area contributed by atoms with Crippen LogP contribution in [0.25, 0.3) is 6.08 Å². The first kappa shape index (κ1) is 17.4. The van der Waals surface area contributed by atoms with E-state index in [4.69, 9.17) is 4.74 Å². The lowest BCUT2D eigenvalue weighted by atomic mass is 10.1. The van der Waals surface area contributed by atoms with Crippen LogP contribution in [0.15, 0.2) is 57.6 Å². The van der Waals surface area contributed by atoms with E-state index in [-0.39, 0.29) is 17.2 Å². The Balaban J connectivity index is 2.01. The molecule has 2 aromatic carbocycles. The smallest absolute Gasteiger partial charge is 0.363 e. The average molecular weight is 418 g/mol. The number of cyclic esters (lactones) is 1. The fourth-order valence-corrected chi connectivity index (χ4v) is 2.46. The first-order valence-electron chi connectivity index (χ1n) is 7.06. The van der Waals surface area contributed by atoms with Crippen molar-refractivity contribution in [2.75, 3.05) is 0 Å². The second kappa shape index (κ2) is 6.84. The summed E-state index contributed by atoms with van der Waals surface area (Å²) < 4.78 is 5.92. The predicted octanol–water partition coefficient (Wildman–Crippen LogP) is 3.61. The predicted molar refractivity (Wildman–Crippen MR) is 94.5 cm³/mol. The van der Waals surface area contributed by atoms with Crippen LogP contribution in [0.2, 0.25) is 0 Å². The van der Waals surface area contributed by atoms with Gasteiger partial charge in [0, 0.05) is 16.1 Å². The van der Waals surface area contributed by atoms with Crippen molar-refractivity contribution in [2.45, 2.75) is 0 Å². The van der Waals surface area contributed by atoms with Gasteiger partial charge in [-0.15, -0.1) is 0 Å². The summed E-state index contributed by atoms with van der Waals surface area (Å²) in [5, 5.41) is 21.9. The summed E-state index contributed by atoms with van der Waals surface area (Å²) in [6.07, 6.45) is 1.16. The number of nitro benzene ring substituents is 2. The quantitative estimate of drug-likeness (QED) is 0.323. The van der Waals surface area contributed by atoms with E-state index in [1.165, 1.54) is 6.07 Å². The van der Waals surface area contributed by atoms with Crippen LogP contribution in [-0.2, 0) is 9.53 Å². The van der Waals surface area contributed by atoms with Crippen molar-refractivity contribution >= 4 is 45.2 Å². The Morgan fingerprint density at radius 2 is 1.73 bits per heavy atom. The summed E-state index contributed by atoms with van der Waals surface area (Å²) in [4.78, 5) is 36.5. The number of halogens is 1. The van der Waals surface area contributed by atoms with Crippen LogP contribution in [0.3, 0.4) is 0 Å². The summed E-state index contributed by atoms with van der Waals surface area (Å²) in [5.74, 6) is -0.700. The summed E-state index contributed by atoms with van der Waals surface area (Å²) >= 11 is 3.29. The van der Waals surface area contributed by atoms with Crippen molar-refractivity contribution in [3.8, 4) is 0 Å². The summed E-state index contributed by atoms with van der Waals surface area (Å²) in [7, 11) is 0. The van der Waals surface area contributed by atoms with Crippen molar-refractivity contribution < 1.29 is 19.4 Å². The first-order chi connectivity index (χ1) is 12.3. The van der Waals surface area contributed by atoms with Crippen molar-refractivity contribution in [2.24, 2.45) is 4.99 Å². The largest absolute Gasteiger partial charge is 0.402 e. The molecule has 26 heavy (non-hydrogen) atoms. The third-order valence-corrected chi connectivity index (χ3v) is 3.95. The molecule has 0 N–H and O–H groups in total. The maximum Gasteiger partial charge on any atom is 0.363 e. The average Bonchev–Trinajstić information content (AvgIpc) is 2.96. The molecule has 130 valence electrons. The van der Waals surface area contributed by atoms with Gasteiger partial charge in [-0.3, -0.25) is 20.2 Å². The minimum Gasteiger partial charge on any atom is -0.402 e. The maximum atomic E-state index is 12.0. The zero-order valence-electron chi connectivity index (χ0n) is 12.8. The van der Waals surface area contributed by atoms with E-state index in [1.807, 2.05) is 0 Å². The molecule has 0 atom stereocenters. The van der Waals surface area contributed by atoms with Crippen LogP contribution in [-0.4, -0.2) is 21.7 Å². The van der Waals surface area contributed by atoms with E-state index < -0.39 is 27.2 Å². The molecule has 0 saturated heterocycles. The van der Waals surface area contributed by atoms with Crippen molar-refractivity contribution in [3.05, 3.63) is 84.0 Å². The van der Waals surface area contributed by atoms with Crippen LogP contribution in [0.4, 0.5) is 11.4 Å². The molecule has 10 heteroatoms. The Labute approximate surface area is 154 Å². The summed E-state index contributed by atoms with van der Waals surface area (Å²) in [6.45, 7) is 0. The molecule has 0 radical (unpaired) electrons. The van der Waals surface area contributed by atoms with Gasteiger partial charge in [0.15, 0.2) is 5.70 Å². The van der Waals surface area contributed by atoms with Gasteiger partial charge in [-0.2, -0.15) is 0 Å². The number of hydrogen-bond acceptors (Lipinski definition) is 7. The highest BCUT2D eigenvalue weighted by Crippen LogP contribution is 2.28. The molecule has 2 aromatic rings. The zero-order valence-corrected chi connectivity index (χ0v) is 14.4. The number of nitrogens with zero attached hydrogens (tertiary/aromatic N) is 3. The van der Waals surface area contributed by atoms with Crippen LogP contribution in [0.1, 0.15) is 11.1 Å². The molecule has 0 saturated carbocycles. The molecular weight excluding hydrogens is 410 g/mol. The van der Waals surface area contributed by atoms with E-state index in [0.29, 0.717) is 5.56 Å². The van der Waals surface area contributed by atoms with Gasteiger partial charge in [0.1, 0.15) is 0 Å². The Morgan fingerprint density at radius 1 is 1.04 bits per heavy atom. The fourth-order valence-electron chi connectivity index (χ4n) is 2.20. The molecule has 0 amide bonds. The van der Waals surface area contributed by atoms with Gasteiger partial charge in [0.25, 0.3) is 11.4 Å². The van der Waals surface area contributed by atoms with Gasteiger partial charge < -0.3 is 4.74 Å². The molecule has 0 fully saturated rings. The molecule has 0 unspecified atom stereocenters. The van der Waals surface area contributed by atoms with E-state index in [0.717, 1.165) is 22.7 Å². The van der Waals surface area contributed by atoms with Gasteiger partial charge in [-0.05, 0) is 36.4 Å². The zero-order chi connectivity index (χ0) is 18.8. The number of carbonyl (C=O) groups is 1. The first-order valence-corrected chi connectivity index (χ1v) is 7.86. The van der Waals surface area contributed by atoms with Gasteiger partial charge >= 0.3 is 5.97 Å². The topological polar surface area (TPSA) is 125 Å². The van der Waals surface area contributed by atoms with Crippen molar-refractivity contribution in [3.63, 3.8) is 0 Å². The number of esters is 1. The van der Waals surface area contributed by atoms with E-state index in [2.05, 4.69) is 20.9 Å². The minimum atomic E-state index is -0.768. The second-order valence-electron chi connectivity index (χ2n) is 5.10. The number of rotatable bonds is 4. The van der Waals surface area contributed by atoms with Gasteiger partial charge in [-0.25, -0.2) is 9.79 Å². The van der Waals surface area contributed by atoms with Gasteiger partial charge in [0.05, 0.1) is 21.5 Å². The lowest BCUT2D eigenvalue weighted by Crippen LogP contribution is -2.05. The highest BCUT2D eigenvalue weighted by molar-refractivity contribution is 9.10. The SMILES string of the molecule is O=C1OC(c2ccc(Br)cc2)=N/C1=C\c1ccc([N+](=O)[O-])cc1[N+](=O)[O-]. The third kappa shape index (κ3) is 3.49.